The quantitative estimate of drug-likeness (QED) is 0.331. The molecule has 0 aliphatic carbocycles. The van der Waals surface area contributed by atoms with Gasteiger partial charge in [0.2, 0.25) is 11.7 Å². The number of nitrogens with zero attached hydrogens (tertiary/aromatic N) is 2. The first-order chi connectivity index (χ1) is 12.8. The fourth-order valence-corrected chi connectivity index (χ4v) is 2.20. The highest BCUT2D eigenvalue weighted by molar-refractivity contribution is 7.37. The van der Waals surface area contributed by atoms with E-state index >= 15 is 0 Å². The molecule has 27 heavy (non-hydrogen) atoms. The third-order valence-corrected chi connectivity index (χ3v) is 3.74. The minimum atomic E-state index is -0.576. The summed E-state index contributed by atoms with van der Waals surface area (Å²) in [7, 11) is 6.12. The zero-order valence-corrected chi connectivity index (χ0v) is 18.0. The Bertz CT molecular complexity index is 672. The van der Waals surface area contributed by atoms with E-state index < -0.39 is 23.7 Å². The number of rotatable bonds is 10. The summed E-state index contributed by atoms with van der Waals surface area (Å²) >= 11 is 0. The van der Waals surface area contributed by atoms with E-state index in [2.05, 4.69) is 43.8 Å². The van der Waals surface area contributed by atoms with Crippen molar-refractivity contribution in [2.24, 2.45) is 5.92 Å². The van der Waals surface area contributed by atoms with Crippen molar-refractivity contribution in [3.63, 3.8) is 0 Å². The molecular formula is C16H26N4O5P2. The molecule has 0 saturated heterocycles. The van der Waals surface area contributed by atoms with Crippen LogP contribution in [0.2, 0.25) is 0 Å². The smallest absolute Gasteiger partial charge is 0.310 e. The number of methoxy groups -OCH3 is 1. The first-order valence-corrected chi connectivity index (χ1v) is 9.81. The van der Waals surface area contributed by atoms with Crippen molar-refractivity contribution in [2.75, 3.05) is 20.3 Å². The number of hydrogen-bond donors (Lipinski definition) is 2. The minimum absolute atomic E-state index is 0.0396. The van der Waals surface area contributed by atoms with Crippen LogP contribution >= 0.6 is 18.5 Å². The number of nitrogens with one attached hydrogen (secondary N) is 2. The third kappa shape index (κ3) is 7.73. The first kappa shape index (κ1) is 23.2. The molecule has 0 aliphatic rings. The topological polar surface area (TPSA) is 120 Å². The van der Waals surface area contributed by atoms with Gasteiger partial charge < -0.3 is 20.1 Å². The SMILES string of the molecule is CCCCOc1nc(C(=O)NCC(C)C(=O)OC)ncc1C(=O)NC(P)P. The zero-order chi connectivity index (χ0) is 20.4. The molecule has 3 unspecified atom stereocenters. The summed E-state index contributed by atoms with van der Waals surface area (Å²) in [5.74, 6) is -2.04. The van der Waals surface area contributed by atoms with E-state index in [1.54, 1.807) is 6.92 Å². The summed E-state index contributed by atoms with van der Waals surface area (Å²) in [6.07, 6.45) is 2.93. The maximum absolute atomic E-state index is 12.3. The zero-order valence-electron chi connectivity index (χ0n) is 15.7. The highest BCUT2D eigenvalue weighted by Crippen LogP contribution is 2.17. The van der Waals surface area contributed by atoms with E-state index in [4.69, 9.17) is 4.74 Å². The van der Waals surface area contributed by atoms with Crippen LogP contribution in [0.15, 0.2) is 6.20 Å². The molecule has 0 aliphatic heterocycles. The third-order valence-electron chi connectivity index (χ3n) is 3.41. The molecule has 150 valence electrons. The Morgan fingerprint density at radius 2 is 1.96 bits per heavy atom. The van der Waals surface area contributed by atoms with Gasteiger partial charge in [-0.1, -0.05) is 20.3 Å². The van der Waals surface area contributed by atoms with Crippen LogP contribution in [0, 0.1) is 5.92 Å². The largest absolute Gasteiger partial charge is 0.477 e. The molecule has 1 aromatic rings. The van der Waals surface area contributed by atoms with Gasteiger partial charge in [0.1, 0.15) is 5.56 Å². The van der Waals surface area contributed by atoms with Gasteiger partial charge in [-0.15, -0.1) is 18.5 Å². The molecule has 2 amide bonds. The molecule has 0 aromatic carbocycles. The number of hydrogen-bond acceptors (Lipinski definition) is 7. The normalized spacial score (nSPS) is 11.6. The lowest BCUT2D eigenvalue weighted by Crippen LogP contribution is -2.33. The van der Waals surface area contributed by atoms with Crippen LogP contribution in [0.25, 0.3) is 0 Å². The van der Waals surface area contributed by atoms with Gasteiger partial charge in [-0.3, -0.25) is 14.4 Å². The lowest BCUT2D eigenvalue weighted by atomic mass is 10.2. The molecule has 1 rings (SSSR count). The molecule has 0 fully saturated rings. The summed E-state index contributed by atoms with van der Waals surface area (Å²) in [6, 6.07) is 0. The number of ether oxygens (including phenoxy) is 2. The van der Waals surface area contributed by atoms with Gasteiger partial charge in [0, 0.05) is 12.7 Å². The maximum atomic E-state index is 12.3. The molecular weight excluding hydrogens is 390 g/mol. The van der Waals surface area contributed by atoms with Crippen LogP contribution in [0.1, 0.15) is 47.7 Å². The first-order valence-electron chi connectivity index (χ1n) is 8.48. The van der Waals surface area contributed by atoms with Gasteiger partial charge in [0.25, 0.3) is 11.8 Å². The average Bonchev–Trinajstić information content (AvgIpc) is 2.64. The van der Waals surface area contributed by atoms with Crippen LogP contribution in [-0.2, 0) is 9.53 Å². The summed E-state index contributed by atoms with van der Waals surface area (Å²) in [6.45, 7) is 4.07. The number of amides is 2. The van der Waals surface area contributed by atoms with Crippen molar-refractivity contribution in [1.29, 1.82) is 0 Å². The van der Waals surface area contributed by atoms with Crippen molar-refractivity contribution in [2.45, 2.75) is 32.2 Å². The van der Waals surface area contributed by atoms with Crippen LogP contribution < -0.4 is 15.4 Å². The van der Waals surface area contributed by atoms with E-state index in [0.29, 0.717) is 6.61 Å². The second-order valence-electron chi connectivity index (χ2n) is 5.75. The van der Waals surface area contributed by atoms with Crippen molar-refractivity contribution >= 4 is 36.3 Å². The highest BCUT2D eigenvalue weighted by atomic mass is 31.1. The van der Waals surface area contributed by atoms with Gasteiger partial charge in [0.05, 0.1) is 25.2 Å². The minimum Gasteiger partial charge on any atom is -0.477 e. The van der Waals surface area contributed by atoms with Crippen LogP contribution in [0.3, 0.4) is 0 Å². The van der Waals surface area contributed by atoms with Crippen molar-refractivity contribution < 1.29 is 23.9 Å². The maximum Gasteiger partial charge on any atom is 0.310 e. The molecule has 0 spiro atoms. The number of aromatic nitrogens is 2. The summed E-state index contributed by atoms with van der Waals surface area (Å²) in [5.41, 5.74) is -0.0933. The number of carbonyl (C=O) groups excluding carboxylic acids is 3. The molecule has 11 heteroatoms. The van der Waals surface area contributed by atoms with E-state index in [1.165, 1.54) is 13.3 Å². The van der Waals surface area contributed by atoms with Crippen LogP contribution in [0.5, 0.6) is 5.88 Å². The Morgan fingerprint density at radius 3 is 2.56 bits per heavy atom. The van der Waals surface area contributed by atoms with Gasteiger partial charge in [0.15, 0.2) is 0 Å². The van der Waals surface area contributed by atoms with Crippen molar-refractivity contribution in [3.8, 4) is 5.88 Å². The van der Waals surface area contributed by atoms with Crippen molar-refractivity contribution in [3.05, 3.63) is 17.6 Å². The molecule has 3 atom stereocenters. The van der Waals surface area contributed by atoms with E-state index in [9.17, 15) is 14.4 Å². The molecule has 0 bridgehead atoms. The Balaban J connectivity index is 2.94. The van der Waals surface area contributed by atoms with E-state index in [-0.39, 0.29) is 29.3 Å². The summed E-state index contributed by atoms with van der Waals surface area (Å²) in [4.78, 5) is 43.9. The lowest BCUT2D eigenvalue weighted by molar-refractivity contribution is -0.144. The highest BCUT2D eigenvalue weighted by Gasteiger charge is 2.21. The van der Waals surface area contributed by atoms with E-state index in [1.807, 2.05) is 6.92 Å². The van der Waals surface area contributed by atoms with E-state index in [0.717, 1.165) is 12.8 Å². The molecule has 0 saturated carbocycles. The lowest BCUT2D eigenvalue weighted by Gasteiger charge is -2.13. The molecule has 9 nitrogen and oxygen atoms in total. The van der Waals surface area contributed by atoms with Gasteiger partial charge in [-0.2, -0.15) is 4.98 Å². The Labute approximate surface area is 163 Å². The van der Waals surface area contributed by atoms with Gasteiger partial charge >= 0.3 is 5.97 Å². The number of esters is 1. The predicted octanol–water partition coefficient (Wildman–Crippen LogP) is 0.958. The molecule has 2 N–H and O–H groups in total. The molecule has 0 radical (unpaired) electrons. The second-order valence-corrected chi connectivity index (χ2v) is 7.95. The predicted molar refractivity (Wildman–Crippen MR) is 107 cm³/mol. The summed E-state index contributed by atoms with van der Waals surface area (Å²) < 4.78 is 10.2. The Kier molecular flexibility index (Phi) is 10.1. The summed E-state index contributed by atoms with van der Waals surface area (Å²) in [5, 5.41) is 5.23. The van der Waals surface area contributed by atoms with Crippen LogP contribution in [-0.4, -0.2) is 53.5 Å². The second kappa shape index (κ2) is 11.8. The standard InChI is InChI=1S/C16H26N4O5P2/c1-4-5-6-25-14-10(12(21)20-16(26)27)8-17-11(19-14)13(22)18-7-9(2)15(23)24-3/h8-9,16H,4-7,26-27H2,1-3H3,(H,18,22)(H,20,21). The number of carbonyl (C=O) groups is 3. The van der Waals surface area contributed by atoms with Crippen molar-refractivity contribution in [1.82, 2.24) is 20.6 Å². The fourth-order valence-electron chi connectivity index (χ4n) is 1.89. The molecule has 1 heterocycles. The Hall–Kier alpha value is -1.85. The van der Waals surface area contributed by atoms with Crippen LogP contribution in [0.4, 0.5) is 0 Å². The van der Waals surface area contributed by atoms with Gasteiger partial charge in [-0.05, 0) is 6.42 Å². The number of unbranched alkanes of at least 4 members (excludes halogenated alkanes) is 1. The van der Waals surface area contributed by atoms with Gasteiger partial charge in [-0.25, -0.2) is 4.98 Å². The fraction of sp³-hybridized carbons (Fsp3) is 0.562. The molecule has 1 aromatic heterocycles. The average molecular weight is 416 g/mol. The monoisotopic (exact) mass is 416 g/mol. The Morgan fingerprint density at radius 1 is 1.26 bits per heavy atom.